The second-order valence-corrected chi connectivity index (χ2v) is 5.37. The highest BCUT2D eigenvalue weighted by molar-refractivity contribution is 5.32. The Morgan fingerprint density at radius 1 is 1.00 bits per heavy atom. The number of hydrogen-bond donors (Lipinski definition) is 0. The Balaban J connectivity index is 3.40. The van der Waals surface area contributed by atoms with E-state index in [1.807, 2.05) is 20.0 Å². The largest absolute Gasteiger partial charge is 0.430 e. The number of halogens is 6. The Bertz CT molecular complexity index is 593. The molecule has 0 amide bonds. The monoisotopic (exact) mass is 368 g/mol. The third-order valence-corrected chi connectivity index (χ3v) is 3.81. The molecule has 0 aliphatic rings. The van der Waals surface area contributed by atoms with Gasteiger partial charge in [0.25, 0.3) is 5.60 Å². The van der Waals surface area contributed by atoms with Crippen molar-refractivity contribution in [2.45, 2.75) is 51.1 Å². The van der Waals surface area contributed by atoms with Gasteiger partial charge in [-0.2, -0.15) is 26.3 Å². The maximum Gasteiger partial charge on any atom is 0.430 e. The smallest absolute Gasteiger partial charge is 0.417 e. The van der Waals surface area contributed by atoms with Crippen LogP contribution in [0.2, 0.25) is 0 Å². The van der Waals surface area contributed by atoms with Gasteiger partial charge < -0.3 is 9.47 Å². The molecule has 0 fully saturated rings. The van der Waals surface area contributed by atoms with E-state index >= 15 is 0 Å². The van der Waals surface area contributed by atoms with Crippen molar-refractivity contribution in [2.75, 3.05) is 6.79 Å². The lowest BCUT2D eigenvalue weighted by molar-refractivity contribution is -0.399. The first-order valence-electron chi connectivity index (χ1n) is 7.42. The van der Waals surface area contributed by atoms with Gasteiger partial charge in [-0.05, 0) is 17.9 Å². The van der Waals surface area contributed by atoms with Gasteiger partial charge in [-0.3, -0.25) is 0 Å². The second-order valence-electron chi connectivity index (χ2n) is 5.37. The summed E-state index contributed by atoms with van der Waals surface area (Å²) in [5, 5.41) is 0. The molecular formula is C17H18F6O2. The summed E-state index contributed by atoms with van der Waals surface area (Å²) in [4.78, 5) is 0. The van der Waals surface area contributed by atoms with Crippen LogP contribution in [-0.4, -0.2) is 19.1 Å². The summed E-state index contributed by atoms with van der Waals surface area (Å²) < 4.78 is 89.3. The summed E-state index contributed by atoms with van der Waals surface area (Å²) in [6.45, 7) is 3.72. The maximum absolute atomic E-state index is 13.5. The van der Waals surface area contributed by atoms with Gasteiger partial charge in [-0.25, -0.2) is 0 Å². The van der Waals surface area contributed by atoms with E-state index in [0.29, 0.717) is 12.0 Å². The van der Waals surface area contributed by atoms with Gasteiger partial charge in [-0.15, -0.1) is 0 Å². The zero-order valence-corrected chi connectivity index (χ0v) is 13.9. The fourth-order valence-electron chi connectivity index (χ4n) is 2.24. The van der Waals surface area contributed by atoms with Gasteiger partial charge in [0.05, 0.1) is 0 Å². The quantitative estimate of drug-likeness (QED) is 0.286. The first-order valence-corrected chi connectivity index (χ1v) is 7.42. The topological polar surface area (TPSA) is 18.5 Å². The molecule has 0 heterocycles. The Labute approximate surface area is 142 Å². The van der Waals surface area contributed by atoms with Crippen LogP contribution < -0.4 is 0 Å². The highest BCUT2D eigenvalue weighted by Crippen LogP contribution is 2.53. The first kappa shape index (κ1) is 21.2. The summed E-state index contributed by atoms with van der Waals surface area (Å²) in [7, 11) is 0. The van der Waals surface area contributed by atoms with Crippen molar-refractivity contribution >= 4 is 0 Å². The molecule has 0 bridgehead atoms. The van der Waals surface area contributed by atoms with Crippen LogP contribution in [0.3, 0.4) is 0 Å². The van der Waals surface area contributed by atoms with Crippen LogP contribution in [0.15, 0.2) is 24.3 Å². The molecule has 1 aromatic rings. The highest BCUT2D eigenvalue weighted by atomic mass is 19.4. The van der Waals surface area contributed by atoms with E-state index in [4.69, 9.17) is 0 Å². The van der Waals surface area contributed by atoms with Crippen molar-refractivity contribution in [2.24, 2.45) is 0 Å². The SMILES string of the molecule is CC#COCOC(c1ccc(C(C)CC)cc1)(C(F)(F)F)C(F)(F)F. The van der Waals surface area contributed by atoms with Crippen LogP contribution in [0.4, 0.5) is 26.3 Å². The lowest BCUT2D eigenvalue weighted by Gasteiger charge is -2.37. The molecule has 1 atom stereocenters. The van der Waals surface area contributed by atoms with Crippen LogP contribution in [0.1, 0.15) is 44.2 Å². The lowest BCUT2D eigenvalue weighted by Crippen LogP contribution is -2.56. The molecule has 1 aromatic carbocycles. The fraction of sp³-hybridized carbons (Fsp3) is 0.529. The van der Waals surface area contributed by atoms with Crippen molar-refractivity contribution in [1.29, 1.82) is 0 Å². The van der Waals surface area contributed by atoms with Crippen LogP contribution in [-0.2, 0) is 15.1 Å². The van der Waals surface area contributed by atoms with Crippen molar-refractivity contribution in [3.63, 3.8) is 0 Å². The average Bonchev–Trinajstić information content (AvgIpc) is 2.52. The minimum atomic E-state index is -5.74. The molecular weight excluding hydrogens is 350 g/mol. The lowest BCUT2D eigenvalue weighted by atomic mass is 9.89. The minimum absolute atomic E-state index is 0.00398. The number of ether oxygens (including phenoxy) is 2. The van der Waals surface area contributed by atoms with E-state index in [0.717, 1.165) is 12.1 Å². The zero-order chi connectivity index (χ0) is 19.3. The number of hydrogen-bond acceptors (Lipinski definition) is 2. The predicted octanol–water partition coefficient (Wildman–Crippen LogP) is 5.49. The Kier molecular flexibility index (Phi) is 6.77. The predicted molar refractivity (Wildman–Crippen MR) is 79.4 cm³/mol. The van der Waals surface area contributed by atoms with E-state index in [1.165, 1.54) is 19.1 Å². The summed E-state index contributed by atoms with van der Waals surface area (Å²) in [5.74, 6) is 2.19. The van der Waals surface area contributed by atoms with Gasteiger partial charge in [0.15, 0.2) is 0 Å². The molecule has 0 N–H and O–H groups in total. The van der Waals surface area contributed by atoms with Crippen LogP contribution in [0.5, 0.6) is 0 Å². The molecule has 0 aromatic heterocycles. The molecule has 1 rings (SSSR count). The Morgan fingerprint density at radius 3 is 1.92 bits per heavy atom. The van der Waals surface area contributed by atoms with Crippen molar-refractivity contribution in [1.82, 2.24) is 0 Å². The molecule has 0 aliphatic heterocycles. The summed E-state index contributed by atoms with van der Waals surface area (Å²) in [5.41, 5.74) is -4.92. The van der Waals surface area contributed by atoms with Crippen LogP contribution >= 0.6 is 0 Å². The van der Waals surface area contributed by atoms with Crippen LogP contribution in [0.25, 0.3) is 0 Å². The highest BCUT2D eigenvalue weighted by Gasteiger charge is 2.73. The Morgan fingerprint density at radius 2 is 1.52 bits per heavy atom. The third kappa shape index (κ3) is 4.40. The van der Waals surface area contributed by atoms with Gasteiger partial charge in [0.1, 0.15) is 6.11 Å². The van der Waals surface area contributed by atoms with Gasteiger partial charge in [-0.1, -0.05) is 44.0 Å². The van der Waals surface area contributed by atoms with Crippen molar-refractivity contribution < 1.29 is 35.8 Å². The number of alkyl halides is 6. The first-order chi connectivity index (χ1) is 11.5. The summed E-state index contributed by atoms with van der Waals surface area (Å²) in [6, 6.07) is 4.06. The van der Waals surface area contributed by atoms with E-state index in [9.17, 15) is 26.3 Å². The molecule has 0 saturated carbocycles. The molecule has 1 unspecified atom stereocenters. The average molecular weight is 368 g/mol. The zero-order valence-electron chi connectivity index (χ0n) is 13.9. The normalized spacial score (nSPS) is 13.8. The van der Waals surface area contributed by atoms with Gasteiger partial charge >= 0.3 is 12.4 Å². The van der Waals surface area contributed by atoms with E-state index in [-0.39, 0.29) is 5.92 Å². The number of rotatable bonds is 6. The van der Waals surface area contributed by atoms with Crippen molar-refractivity contribution in [3.05, 3.63) is 35.4 Å². The van der Waals surface area contributed by atoms with Gasteiger partial charge in [0, 0.05) is 12.5 Å². The standard InChI is InChI=1S/C17H18F6O2/c1-4-10-24-11-25-15(16(18,19)20,17(21,22)23)14-8-6-13(7-9-14)12(3)5-2/h6-9,12H,5,11H2,1-3H3. The third-order valence-electron chi connectivity index (χ3n) is 3.81. The molecule has 0 saturated heterocycles. The second kappa shape index (κ2) is 8.00. The summed E-state index contributed by atoms with van der Waals surface area (Å²) in [6.07, 6.45) is -8.89. The van der Waals surface area contributed by atoms with Crippen LogP contribution in [0, 0.1) is 12.0 Å². The Hall–Kier alpha value is -1.88. The van der Waals surface area contributed by atoms with Gasteiger partial charge in [0.2, 0.25) is 6.79 Å². The molecule has 2 nitrogen and oxygen atoms in total. The molecule has 140 valence electrons. The molecule has 0 spiro atoms. The fourth-order valence-corrected chi connectivity index (χ4v) is 2.24. The van der Waals surface area contributed by atoms with E-state index in [2.05, 4.69) is 15.4 Å². The maximum atomic E-state index is 13.5. The molecule has 0 radical (unpaired) electrons. The van der Waals surface area contributed by atoms with E-state index in [1.54, 1.807) is 0 Å². The molecule has 0 aliphatic carbocycles. The molecule has 25 heavy (non-hydrogen) atoms. The molecule has 8 heteroatoms. The van der Waals surface area contributed by atoms with E-state index < -0.39 is 30.3 Å². The number of benzene rings is 1. The summed E-state index contributed by atoms with van der Waals surface area (Å²) >= 11 is 0. The minimum Gasteiger partial charge on any atom is -0.417 e. The van der Waals surface area contributed by atoms with Crippen molar-refractivity contribution in [3.8, 4) is 12.0 Å².